The SMILES string of the molecule is CCCCCC(C)C(C)O[SiH3]. The summed E-state index contributed by atoms with van der Waals surface area (Å²) in [7, 11) is 0.880. The molecule has 0 aromatic heterocycles. The van der Waals surface area contributed by atoms with E-state index in [1.165, 1.54) is 25.7 Å². The highest BCUT2D eigenvalue weighted by atomic mass is 28.2. The van der Waals surface area contributed by atoms with Crippen molar-refractivity contribution in [2.75, 3.05) is 0 Å². The second-order valence-corrected chi connectivity index (χ2v) is 3.89. The summed E-state index contributed by atoms with van der Waals surface area (Å²) >= 11 is 0. The van der Waals surface area contributed by atoms with Gasteiger partial charge in [-0.2, -0.15) is 0 Å². The lowest BCUT2D eigenvalue weighted by atomic mass is 9.99. The van der Waals surface area contributed by atoms with E-state index < -0.39 is 0 Å². The van der Waals surface area contributed by atoms with Crippen LogP contribution in [0.5, 0.6) is 0 Å². The van der Waals surface area contributed by atoms with E-state index in [4.69, 9.17) is 4.43 Å². The third-order valence-corrected chi connectivity index (χ3v) is 3.18. The molecular weight excluding hydrogens is 152 g/mol. The summed E-state index contributed by atoms with van der Waals surface area (Å²) in [6.45, 7) is 6.72. The van der Waals surface area contributed by atoms with Crippen molar-refractivity contribution < 1.29 is 4.43 Å². The summed E-state index contributed by atoms with van der Waals surface area (Å²) in [5, 5.41) is 0. The van der Waals surface area contributed by atoms with Crippen LogP contribution in [0.15, 0.2) is 0 Å². The molecule has 0 aromatic rings. The average Bonchev–Trinajstić information content (AvgIpc) is 2.03. The average molecular weight is 174 g/mol. The second kappa shape index (κ2) is 6.86. The molecule has 2 heteroatoms. The van der Waals surface area contributed by atoms with Crippen LogP contribution in [0.25, 0.3) is 0 Å². The van der Waals surface area contributed by atoms with Crippen molar-refractivity contribution >= 4 is 10.5 Å². The van der Waals surface area contributed by atoms with E-state index >= 15 is 0 Å². The first-order chi connectivity index (χ1) is 5.22. The fourth-order valence-corrected chi connectivity index (χ4v) is 1.65. The highest BCUT2D eigenvalue weighted by Gasteiger charge is 2.08. The summed E-state index contributed by atoms with van der Waals surface area (Å²) in [5.41, 5.74) is 0. The van der Waals surface area contributed by atoms with Gasteiger partial charge in [0.1, 0.15) is 10.5 Å². The van der Waals surface area contributed by atoms with Crippen molar-refractivity contribution in [2.45, 2.75) is 52.6 Å². The summed E-state index contributed by atoms with van der Waals surface area (Å²) in [6.07, 6.45) is 5.88. The topological polar surface area (TPSA) is 9.23 Å². The highest BCUT2D eigenvalue weighted by Crippen LogP contribution is 2.14. The van der Waals surface area contributed by atoms with Crippen molar-refractivity contribution in [3.8, 4) is 0 Å². The Morgan fingerprint density at radius 2 is 1.91 bits per heavy atom. The summed E-state index contributed by atoms with van der Waals surface area (Å²) in [5.74, 6) is 0.749. The molecular formula is C9H22OSi. The molecule has 0 heterocycles. The minimum atomic E-state index is 0.485. The molecule has 0 aromatic carbocycles. The molecule has 2 atom stereocenters. The fourth-order valence-electron chi connectivity index (χ4n) is 1.18. The molecule has 11 heavy (non-hydrogen) atoms. The molecule has 0 saturated carbocycles. The second-order valence-electron chi connectivity index (χ2n) is 3.41. The minimum absolute atomic E-state index is 0.485. The molecule has 0 bridgehead atoms. The molecule has 68 valence electrons. The fraction of sp³-hybridized carbons (Fsp3) is 1.00. The van der Waals surface area contributed by atoms with Gasteiger partial charge in [-0.3, -0.25) is 0 Å². The van der Waals surface area contributed by atoms with Gasteiger partial charge in [-0.1, -0.05) is 33.1 Å². The van der Waals surface area contributed by atoms with Gasteiger partial charge in [0.15, 0.2) is 0 Å². The van der Waals surface area contributed by atoms with E-state index in [0.29, 0.717) is 6.10 Å². The molecule has 0 aliphatic heterocycles. The first-order valence-electron chi connectivity index (χ1n) is 4.75. The molecule has 1 nitrogen and oxygen atoms in total. The third-order valence-electron chi connectivity index (χ3n) is 2.44. The Hall–Kier alpha value is 0.177. The summed E-state index contributed by atoms with van der Waals surface area (Å²) in [6, 6.07) is 0. The predicted molar refractivity (Wildman–Crippen MR) is 53.8 cm³/mol. The monoisotopic (exact) mass is 174 g/mol. The van der Waals surface area contributed by atoms with Gasteiger partial charge in [0.25, 0.3) is 0 Å². The lowest BCUT2D eigenvalue weighted by Gasteiger charge is -2.18. The van der Waals surface area contributed by atoms with Crippen LogP contribution in [-0.4, -0.2) is 16.6 Å². The van der Waals surface area contributed by atoms with Gasteiger partial charge in [-0.05, 0) is 19.3 Å². The lowest BCUT2D eigenvalue weighted by Crippen LogP contribution is -2.16. The molecule has 0 N–H and O–H groups in total. The molecule has 0 amide bonds. The van der Waals surface area contributed by atoms with Crippen LogP contribution in [0.1, 0.15) is 46.5 Å². The third kappa shape index (κ3) is 5.45. The van der Waals surface area contributed by atoms with Crippen LogP contribution in [-0.2, 0) is 4.43 Å². The van der Waals surface area contributed by atoms with Crippen LogP contribution in [0.4, 0.5) is 0 Å². The Morgan fingerprint density at radius 1 is 1.27 bits per heavy atom. The molecule has 2 unspecified atom stereocenters. The van der Waals surface area contributed by atoms with Crippen molar-refractivity contribution in [1.29, 1.82) is 0 Å². The molecule has 0 radical (unpaired) electrons. The van der Waals surface area contributed by atoms with Crippen molar-refractivity contribution in [3.05, 3.63) is 0 Å². The smallest absolute Gasteiger partial charge is 0.146 e. The van der Waals surface area contributed by atoms with Gasteiger partial charge >= 0.3 is 0 Å². The van der Waals surface area contributed by atoms with Crippen LogP contribution in [0, 0.1) is 5.92 Å². The zero-order valence-electron chi connectivity index (χ0n) is 8.39. The maximum atomic E-state index is 5.38. The first-order valence-corrected chi connectivity index (χ1v) is 5.56. The quantitative estimate of drug-likeness (QED) is 0.441. The van der Waals surface area contributed by atoms with E-state index in [1.807, 2.05) is 0 Å². The Balaban J connectivity index is 3.28. The molecule has 0 rings (SSSR count). The summed E-state index contributed by atoms with van der Waals surface area (Å²) in [4.78, 5) is 0. The van der Waals surface area contributed by atoms with Crippen molar-refractivity contribution in [3.63, 3.8) is 0 Å². The first kappa shape index (κ1) is 11.2. The summed E-state index contributed by atoms with van der Waals surface area (Å²) < 4.78 is 5.38. The van der Waals surface area contributed by atoms with Gasteiger partial charge < -0.3 is 4.43 Å². The molecule has 0 aliphatic rings. The lowest BCUT2D eigenvalue weighted by molar-refractivity contribution is 0.167. The van der Waals surface area contributed by atoms with Gasteiger partial charge in [-0.25, -0.2) is 0 Å². The number of rotatable bonds is 6. The van der Waals surface area contributed by atoms with Gasteiger partial charge in [0.2, 0.25) is 0 Å². The minimum Gasteiger partial charge on any atom is -0.425 e. The largest absolute Gasteiger partial charge is 0.425 e. The number of unbranched alkanes of at least 4 members (excludes halogenated alkanes) is 2. The highest BCUT2D eigenvalue weighted by molar-refractivity contribution is 5.98. The van der Waals surface area contributed by atoms with E-state index in [2.05, 4.69) is 20.8 Å². The zero-order valence-corrected chi connectivity index (χ0v) is 10.4. The van der Waals surface area contributed by atoms with E-state index in [1.54, 1.807) is 0 Å². The van der Waals surface area contributed by atoms with E-state index in [9.17, 15) is 0 Å². The number of hydrogen-bond acceptors (Lipinski definition) is 1. The van der Waals surface area contributed by atoms with Gasteiger partial charge in [0.05, 0.1) is 0 Å². The standard InChI is InChI=1S/C9H22OSi/c1-4-5-6-7-8(2)9(3)10-11/h8-9H,4-7H2,1-3,11H3. The maximum absolute atomic E-state index is 5.38. The van der Waals surface area contributed by atoms with E-state index in [-0.39, 0.29) is 0 Å². The van der Waals surface area contributed by atoms with Gasteiger partial charge in [-0.15, -0.1) is 0 Å². The van der Waals surface area contributed by atoms with Gasteiger partial charge in [0, 0.05) is 6.10 Å². The van der Waals surface area contributed by atoms with Crippen LogP contribution >= 0.6 is 0 Å². The Morgan fingerprint density at radius 3 is 2.36 bits per heavy atom. The molecule has 0 fully saturated rings. The van der Waals surface area contributed by atoms with Crippen LogP contribution < -0.4 is 0 Å². The Labute approximate surface area is 74.1 Å². The predicted octanol–water partition coefficient (Wildman–Crippen LogP) is 1.89. The molecule has 0 saturated heterocycles. The van der Waals surface area contributed by atoms with Crippen molar-refractivity contribution in [2.24, 2.45) is 5.92 Å². The Kier molecular flexibility index (Phi) is 6.97. The van der Waals surface area contributed by atoms with Crippen molar-refractivity contribution in [1.82, 2.24) is 0 Å². The Bertz CT molecular complexity index is 85.6. The zero-order chi connectivity index (χ0) is 8.69. The normalized spacial score (nSPS) is 16.6. The molecule has 0 aliphatic carbocycles. The number of hydrogen-bond donors (Lipinski definition) is 0. The van der Waals surface area contributed by atoms with Crippen LogP contribution in [0.2, 0.25) is 0 Å². The van der Waals surface area contributed by atoms with E-state index in [0.717, 1.165) is 16.4 Å². The maximum Gasteiger partial charge on any atom is 0.146 e. The molecule has 0 spiro atoms. The van der Waals surface area contributed by atoms with Crippen LogP contribution in [0.3, 0.4) is 0 Å².